The lowest BCUT2D eigenvalue weighted by molar-refractivity contribution is -0.340. The minimum absolute atomic E-state index is 0.0441. The lowest BCUT2D eigenvalue weighted by Crippen LogP contribution is -2.58. The normalized spacial score (nSPS) is 31.3. The van der Waals surface area contributed by atoms with Crippen LogP contribution in [0.4, 0.5) is 0 Å². The van der Waals surface area contributed by atoms with Crippen molar-refractivity contribution in [3.63, 3.8) is 0 Å². The van der Waals surface area contributed by atoms with Crippen LogP contribution in [0.5, 0.6) is 0 Å². The summed E-state index contributed by atoms with van der Waals surface area (Å²) in [6.45, 7) is -2.03. The molecule has 95 heavy (non-hydrogen) atoms. The largest absolute Gasteiger partial charge is 0.480 e. The van der Waals surface area contributed by atoms with Crippen LogP contribution >= 0.6 is 0 Å². The number of nitrogens with zero attached hydrogens (tertiary/aromatic N) is 5. The first kappa shape index (κ1) is 83.7. The number of unbranched alkanes of at least 4 members (excludes halogenated alkanes) is 12. The molecular formula is C58H105N5O32. The highest BCUT2D eigenvalue weighted by molar-refractivity contribution is 5.80. The summed E-state index contributed by atoms with van der Waals surface area (Å²) in [7, 11) is 0. The molecule has 0 spiro atoms. The van der Waals surface area contributed by atoms with Crippen LogP contribution in [-0.4, -0.2) is 386 Å². The molecule has 0 aromatic heterocycles. The van der Waals surface area contributed by atoms with E-state index in [1.165, 1.54) is 14.7 Å². The molecule has 37 heteroatoms. The number of carboxylic acid groups (broad SMARTS) is 3. The van der Waals surface area contributed by atoms with Gasteiger partial charge in [-0.2, -0.15) is 0 Å². The van der Waals surface area contributed by atoms with E-state index in [0.29, 0.717) is 103 Å². The van der Waals surface area contributed by atoms with Crippen LogP contribution in [0, 0.1) is 0 Å². The van der Waals surface area contributed by atoms with Crippen LogP contribution in [0.15, 0.2) is 0 Å². The summed E-state index contributed by atoms with van der Waals surface area (Å²) in [5, 5.41) is 189. The average Bonchev–Trinajstić information content (AvgIpc) is 0.918. The summed E-state index contributed by atoms with van der Waals surface area (Å²) in [6.07, 6.45) is -24.8. The molecule has 0 bridgehead atoms. The number of ether oxygens (including phenoxy) is 8. The van der Waals surface area contributed by atoms with Crippen LogP contribution < -0.4 is 0 Å². The molecule has 4 aliphatic rings. The predicted molar refractivity (Wildman–Crippen MR) is 319 cm³/mol. The third-order valence-corrected chi connectivity index (χ3v) is 16.6. The molecule has 0 radical (unpaired) electrons. The highest BCUT2D eigenvalue weighted by Gasteiger charge is 2.47. The van der Waals surface area contributed by atoms with Crippen LogP contribution in [0.3, 0.4) is 0 Å². The van der Waals surface area contributed by atoms with Gasteiger partial charge in [-0.05, 0) is 51.4 Å². The van der Waals surface area contributed by atoms with Crippen molar-refractivity contribution in [2.75, 3.05) is 112 Å². The first-order valence-electron chi connectivity index (χ1n) is 32.5. The second-order valence-corrected chi connectivity index (χ2v) is 24.2. The van der Waals surface area contributed by atoms with Crippen molar-refractivity contribution >= 4 is 29.7 Å². The fourth-order valence-corrected chi connectivity index (χ4v) is 10.8. The van der Waals surface area contributed by atoms with E-state index >= 15 is 0 Å². The Morgan fingerprint density at radius 1 is 0.253 bits per heavy atom. The van der Waals surface area contributed by atoms with Crippen LogP contribution in [0.1, 0.15) is 103 Å². The Morgan fingerprint density at radius 2 is 0.463 bits per heavy atom. The number of carboxylic acids is 3. The zero-order valence-electron chi connectivity index (χ0n) is 53.4. The summed E-state index contributed by atoms with van der Waals surface area (Å²) >= 11 is 0. The second kappa shape index (κ2) is 44.4. The lowest BCUT2D eigenvalue weighted by atomic mass is 10.0. The second-order valence-electron chi connectivity index (χ2n) is 24.2. The van der Waals surface area contributed by atoms with Gasteiger partial charge in [0.15, 0.2) is 50.3 Å². The fourth-order valence-electron chi connectivity index (χ4n) is 10.8. The summed E-state index contributed by atoms with van der Waals surface area (Å²) in [5.74, 6) is -4.75. The molecule has 20 atom stereocenters. The third kappa shape index (κ3) is 29.6. The first-order valence-corrected chi connectivity index (χ1v) is 32.5. The van der Waals surface area contributed by atoms with Crippen molar-refractivity contribution < 1.29 is 159 Å². The molecule has 554 valence electrons. The topological polar surface area (TPSA) is 560 Å². The van der Waals surface area contributed by atoms with Crippen LogP contribution in [-0.2, 0) is 61.9 Å². The molecule has 4 fully saturated rings. The van der Waals surface area contributed by atoms with Crippen molar-refractivity contribution in [1.82, 2.24) is 24.5 Å². The van der Waals surface area contributed by atoms with E-state index in [2.05, 4.69) is 0 Å². The van der Waals surface area contributed by atoms with Crippen LogP contribution in [0.25, 0.3) is 0 Å². The van der Waals surface area contributed by atoms with E-state index in [-0.39, 0.29) is 78.8 Å². The quantitative estimate of drug-likeness (QED) is 0.0252. The van der Waals surface area contributed by atoms with Gasteiger partial charge in [-0.1, -0.05) is 51.4 Å². The highest BCUT2D eigenvalue weighted by Crippen LogP contribution is 2.25. The highest BCUT2D eigenvalue weighted by atomic mass is 16.8. The minimum atomic E-state index is -1.78. The van der Waals surface area contributed by atoms with Crippen molar-refractivity contribution in [3.8, 4) is 0 Å². The zero-order valence-corrected chi connectivity index (χ0v) is 53.4. The van der Waals surface area contributed by atoms with Gasteiger partial charge in [-0.25, -0.2) is 0 Å². The van der Waals surface area contributed by atoms with E-state index in [9.17, 15) is 121 Å². The van der Waals surface area contributed by atoms with Gasteiger partial charge in [0, 0.05) is 78.8 Å². The van der Waals surface area contributed by atoms with Gasteiger partial charge >= 0.3 is 17.9 Å². The molecule has 0 aromatic carbocycles. The van der Waals surface area contributed by atoms with Crippen molar-refractivity contribution in [3.05, 3.63) is 0 Å². The van der Waals surface area contributed by atoms with E-state index in [4.69, 9.17) is 37.9 Å². The fraction of sp³-hybridized carbons (Fsp3) is 0.914. The Morgan fingerprint density at radius 3 is 0.695 bits per heavy atom. The number of hydrogen-bond donors (Lipinski definition) is 19. The minimum Gasteiger partial charge on any atom is -0.480 e. The smallest absolute Gasteiger partial charge is 0.317 e. The molecular weight excluding hydrogens is 1280 g/mol. The molecule has 4 heterocycles. The molecule has 4 saturated heterocycles. The first-order chi connectivity index (χ1) is 45.1. The lowest BCUT2D eigenvalue weighted by Gasteiger charge is -2.37. The molecule has 37 nitrogen and oxygen atoms in total. The molecule has 0 saturated carbocycles. The maximum atomic E-state index is 14.1. The average molecular weight is 1380 g/mol. The standard InChI is InChI=1S/C58H105N5O32/c64-34(62(17-9-1-5-13-25-88-55-47(80)39(72)43(76)51(84)92-55)18-10-2-6-14-26-89-56-48(81)40(73)44(77)52(85)93-56)29-60(32-37(68)69)23-21-59(31-36(66)67)22-24-61(33-38(70)71)30-35(65)63(19-11-3-7-15-27-90-57-49(82)41(74)45(78)53(86)94-57)20-12-4-8-16-28-91-58-50(83)42(75)46(79)54(87)95-58/h39-58,72-87H,1-33H2,(H,66,67)(H,68,69)(H,70,71)/t39-,40-,41-,42-,43-,44-,45-,46-,47-,48-,49-,50-,51-,52-,53-,54-,55?,56?,57?,58?/m0/s1. The SMILES string of the molecule is O=C(O)CN(CCN(CC(=O)O)CC(=O)N(CCCCCCOC1O[C@H](O)[C@@H](O)[C@H](O)[C@@H]1O)CCCCCCOC1O[C@H](O)[C@@H](O)[C@H](O)[C@@H]1O)CCN(CC(=O)O)CC(=O)N(CCCCCCOC1O[C@H](O)[C@@H](O)[C@H](O)[C@@H]1O)CCCCCCOC1O[C@H](O)[C@@H](O)[C@H](O)[C@@H]1O. The van der Waals surface area contributed by atoms with Gasteiger partial charge in [0.05, 0.1) is 32.7 Å². The van der Waals surface area contributed by atoms with Gasteiger partial charge in [0.2, 0.25) is 11.8 Å². The monoisotopic (exact) mass is 1380 g/mol. The molecule has 0 aromatic rings. The van der Waals surface area contributed by atoms with Gasteiger partial charge < -0.3 is 145 Å². The van der Waals surface area contributed by atoms with Gasteiger partial charge in [0.25, 0.3) is 0 Å². The molecule has 4 rings (SSSR count). The van der Waals surface area contributed by atoms with Crippen LogP contribution in [0.2, 0.25) is 0 Å². The number of rotatable bonds is 48. The summed E-state index contributed by atoms with van der Waals surface area (Å²) < 4.78 is 42.1. The van der Waals surface area contributed by atoms with E-state index in [1.807, 2.05) is 0 Å². The Bertz CT molecular complexity index is 1960. The number of aliphatic carboxylic acids is 3. The maximum absolute atomic E-state index is 14.1. The predicted octanol–water partition coefficient (Wildman–Crippen LogP) is -7.86. The van der Waals surface area contributed by atoms with E-state index < -0.39 is 186 Å². The van der Waals surface area contributed by atoms with Crippen molar-refractivity contribution in [2.45, 2.75) is 226 Å². The number of carbonyl (C=O) groups excluding carboxylic acids is 2. The number of carbonyl (C=O) groups is 5. The Hall–Kier alpha value is -3.73. The molecule has 4 aliphatic heterocycles. The third-order valence-electron chi connectivity index (χ3n) is 16.6. The Labute approximate surface area is 549 Å². The van der Waals surface area contributed by atoms with Crippen molar-refractivity contribution in [1.29, 1.82) is 0 Å². The summed E-state index contributed by atoms with van der Waals surface area (Å²) in [4.78, 5) is 72.2. The van der Waals surface area contributed by atoms with Gasteiger partial charge in [0.1, 0.15) is 73.2 Å². The molecule has 19 N–H and O–H groups in total. The van der Waals surface area contributed by atoms with E-state index in [0.717, 1.165) is 0 Å². The number of aliphatic hydroxyl groups excluding tert-OH is 16. The number of hydrogen-bond acceptors (Lipinski definition) is 32. The molecule has 2 amide bonds. The zero-order chi connectivity index (χ0) is 70.3. The molecule has 0 aliphatic carbocycles. The summed E-state index contributed by atoms with van der Waals surface area (Å²) in [6, 6.07) is 0. The maximum Gasteiger partial charge on any atom is 0.317 e. The Kier molecular flexibility index (Phi) is 39.1. The summed E-state index contributed by atoms with van der Waals surface area (Å²) in [5.41, 5.74) is 0. The van der Waals surface area contributed by atoms with Gasteiger partial charge in [-0.3, -0.25) is 38.7 Å². The van der Waals surface area contributed by atoms with Gasteiger partial charge in [-0.15, -0.1) is 0 Å². The number of amides is 2. The molecule has 4 unspecified atom stereocenters. The Balaban J connectivity index is 1.35. The number of aliphatic hydroxyl groups is 16. The van der Waals surface area contributed by atoms with Crippen molar-refractivity contribution in [2.24, 2.45) is 0 Å². The van der Waals surface area contributed by atoms with E-state index in [1.54, 1.807) is 9.80 Å².